The molecule has 94 valence electrons. The lowest BCUT2D eigenvalue weighted by atomic mass is 10.2. The van der Waals surface area contributed by atoms with Gasteiger partial charge in [-0.15, -0.1) is 0 Å². The average Bonchev–Trinajstić information content (AvgIpc) is 2.41. The molecule has 0 atom stereocenters. The number of hydrogen-bond acceptors (Lipinski definition) is 2. The highest BCUT2D eigenvalue weighted by molar-refractivity contribution is 5.65. The molecule has 0 aliphatic carbocycles. The van der Waals surface area contributed by atoms with E-state index in [4.69, 9.17) is 0 Å². The molecule has 3 heteroatoms. The maximum absolute atomic E-state index is 13.7. The smallest absolute Gasteiger partial charge is 0.146 e. The number of nitrogens with one attached hydrogen (secondary N) is 1. The van der Waals surface area contributed by atoms with Crippen molar-refractivity contribution in [3.05, 3.63) is 54.3 Å². The van der Waals surface area contributed by atoms with Gasteiger partial charge in [0.05, 0.1) is 5.69 Å². The second kappa shape index (κ2) is 5.54. The number of benzene rings is 2. The summed E-state index contributed by atoms with van der Waals surface area (Å²) < 4.78 is 13.7. The van der Waals surface area contributed by atoms with E-state index in [0.29, 0.717) is 5.69 Å². The Hall–Kier alpha value is -2.03. The van der Waals surface area contributed by atoms with Crippen molar-refractivity contribution in [2.24, 2.45) is 0 Å². The van der Waals surface area contributed by atoms with Crippen molar-refractivity contribution >= 4 is 17.1 Å². The van der Waals surface area contributed by atoms with Crippen LogP contribution in [0, 0.1) is 5.82 Å². The van der Waals surface area contributed by atoms with Gasteiger partial charge in [0.25, 0.3) is 0 Å². The first-order chi connectivity index (χ1) is 8.70. The molecule has 0 aliphatic rings. The summed E-state index contributed by atoms with van der Waals surface area (Å²) in [5.74, 6) is -0.243. The molecule has 2 rings (SSSR count). The minimum atomic E-state index is -0.243. The lowest BCUT2D eigenvalue weighted by molar-refractivity contribution is 0.632. The Morgan fingerprint density at radius 2 is 1.83 bits per heavy atom. The molecular weight excluding hydrogens is 227 g/mol. The van der Waals surface area contributed by atoms with Crippen LogP contribution < -0.4 is 10.2 Å². The van der Waals surface area contributed by atoms with Crippen LogP contribution in [-0.4, -0.2) is 13.6 Å². The number of halogens is 1. The van der Waals surface area contributed by atoms with E-state index in [1.54, 1.807) is 6.07 Å². The van der Waals surface area contributed by atoms with Crippen molar-refractivity contribution < 1.29 is 4.39 Å². The molecule has 0 aromatic heterocycles. The first kappa shape index (κ1) is 12.4. The van der Waals surface area contributed by atoms with Gasteiger partial charge in [-0.3, -0.25) is 0 Å². The Bertz CT molecular complexity index is 511. The van der Waals surface area contributed by atoms with E-state index < -0.39 is 0 Å². The van der Waals surface area contributed by atoms with Gasteiger partial charge in [0, 0.05) is 25.0 Å². The molecule has 0 bridgehead atoms. The minimum absolute atomic E-state index is 0.243. The van der Waals surface area contributed by atoms with Crippen LogP contribution in [0.3, 0.4) is 0 Å². The molecule has 0 spiro atoms. The molecule has 0 fully saturated rings. The van der Waals surface area contributed by atoms with Gasteiger partial charge in [0.2, 0.25) is 0 Å². The lowest BCUT2D eigenvalue weighted by Crippen LogP contribution is -2.15. The maximum atomic E-state index is 13.7. The summed E-state index contributed by atoms with van der Waals surface area (Å²) in [6.45, 7) is 2.95. The summed E-state index contributed by atoms with van der Waals surface area (Å²) in [5.41, 5.74) is 2.38. The highest BCUT2D eigenvalue weighted by Gasteiger charge is 2.06. The molecule has 0 saturated heterocycles. The summed E-state index contributed by atoms with van der Waals surface area (Å²) in [5, 5.41) is 3.09. The molecule has 2 aromatic rings. The van der Waals surface area contributed by atoms with E-state index in [2.05, 4.69) is 17.1 Å². The number of hydrogen-bond donors (Lipinski definition) is 1. The lowest BCUT2D eigenvalue weighted by Gasteiger charge is -2.18. The summed E-state index contributed by atoms with van der Waals surface area (Å²) in [6, 6.07) is 14.7. The average molecular weight is 244 g/mol. The fourth-order valence-electron chi connectivity index (χ4n) is 1.71. The zero-order valence-electron chi connectivity index (χ0n) is 10.7. The van der Waals surface area contributed by atoms with Crippen molar-refractivity contribution in [2.45, 2.75) is 6.92 Å². The number of rotatable bonds is 4. The third-order valence-electron chi connectivity index (χ3n) is 2.92. The zero-order valence-corrected chi connectivity index (χ0v) is 10.7. The van der Waals surface area contributed by atoms with Crippen molar-refractivity contribution in [1.82, 2.24) is 0 Å². The fourth-order valence-corrected chi connectivity index (χ4v) is 1.71. The predicted molar refractivity (Wildman–Crippen MR) is 75.1 cm³/mol. The number of para-hydroxylation sites is 1. The number of anilines is 3. The first-order valence-corrected chi connectivity index (χ1v) is 6.03. The quantitative estimate of drug-likeness (QED) is 0.873. The summed E-state index contributed by atoms with van der Waals surface area (Å²) in [6.07, 6.45) is 0. The second-order valence-electron chi connectivity index (χ2n) is 4.17. The predicted octanol–water partition coefficient (Wildman–Crippen LogP) is 4.03. The van der Waals surface area contributed by atoms with E-state index in [9.17, 15) is 4.39 Å². The third-order valence-corrected chi connectivity index (χ3v) is 2.92. The van der Waals surface area contributed by atoms with Crippen LogP contribution in [0.4, 0.5) is 21.5 Å². The molecule has 0 amide bonds. The van der Waals surface area contributed by atoms with Crippen LogP contribution >= 0.6 is 0 Å². The van der Waals surface area contributed by atoms with Crippen molar-refractivity contribution in [3.8, 4) is 0 Å². The van der Waals surface area contributed by atoms with E-state index in [0.717, 1.165) is 17.9 Å². The summed E-state index contributed by atoms with van der Waals surface area (Å²) in [7, 11) is 1.99. The fraction of sp³-hybridized carbons (Fsp3) is 0.200. The van der Waals surface area contributed by atoms with Crippen molar-refractivity contribution in [1.29, 1.82) is 0 Å². The molecule has 2 nitrogen and oxygen atoms in total. The summed E-state index contributed by atoms with van der Waals surface area (Å²) in [4.78, 5) is 2.07. The second-order valence-corrected chi connectivity index (χ2v) is 4.17. The highest BCUT2D eigenvalue weighted by atomic mass is 19.1. The van der Waals surface area contributed by atoms with Gasteiger partial charge < -0.3 is 10.2 Å². The van der Waals surface area contributed by atoms with Crippen LogP contribution in [-0.2, 0) is 0 Å². The maximum Gasteiger partial charge on any atom is 0.146 e. The molecule has 0 saturated carbocycles. The SMILES string of the molecule is CCN(C)c1ccc(F)c(Nc2ccccc2)c1. The van der Waals surface area contributed by atoms with Crippen LogP contribution in [0.15, 0.2) is 48.5 Å². The molecule has 0 aliphatic heterocycles. The van der Waals surface area contributed by atoms with Gasteiger partial charge >= 0.3 is 0 Å². The van der Waals surface area contributed by atoms with E-state index in [1.165, 1.54) is 6.07 Å². The molecule has 2 aromatic carbocycles. The summed E-state index contributed by atoms with van der Waals surface area (Å²) >= 11 is 0. The van der Waals surface area contributed by atoms with E-state index >= 15 is 0 Å². The minimum Gasteiger partial charge on any atom is -0.375 e. The Morgan fingerprint density at radius 3 is 2.50 bits per heavy atom. The largest absolute Gasteiger partial charge is 0.375 e. The van der Waals surface area contributed by atoms with E-state index in [1.807, 2.05) is 43.4 Å². The third kappa shape index (κ3) is 2.80. The monoisotopic (exact) mass is 244 g/mol. The van der Waals surface area contributed by atoms with Crippen LogP contribution in [0.25, 0.3) is 0 Å². The highest BCUT2D eigenvalue weighted by Crippen LogP contribution is 2.25. The van der Waals surface area contributed by atoms with Gasteiger partial charge in [-0.25, -0.2) is 4.39 Å². The van der Waals surface area contributed by atoms with Gasteiger partial charge in [-0.1, -0.05) is 18.2 Å². The van der Waals surface area contributed by atoms with Gasteiger partial charge in [0.1, 0.15) is 5.82 Å². The van der Waals surface area contributed by atoms with E-state index in [-0.39, 0.29) is 5.82 Å². The molecule has 0 radical (unpaired) electrons. The molecule has 0 heterocycles. The molecule has 18 heavy (non-hydrogen) atoms. The number of nitrogens with zero attached hydrogens (tertiary/aromatic N) is 1. The Morgan fingerprint density at radius 1 is 1.11 bits per heavy atom. The van der Waals surface area contributed by atoms with Gasteiger partial charge in [-0.2, -0.15) is 0 Å². The molecule has 0 unspecified atom stereocenters. The van der Waals surface area contributed by atoms with Crippen molar-refractivity contribution in [2.75, 3.05) is 23.8 Å². The Kier molecular flexibility index (Phi) is 3.82. The first-order valence-electron chi connectivity index (χ1n) is 6.03. The standard InChI is InChI=1S/C15H17FN2/c1-3-18(2)13-9-10-14(16)15(11-13)17-12-7-5-4-6-8-12/h4-11,17H,3H2,1-2H3. The Labute approximate surface area is 107 Å². The van der Waals surface area contributed by atoms with Crippen molar-refractivity contribution in [3.63, 3.8) is 0 Å². The Balaban J connectivity index is 2.27. The topological polar surface area (TPSA) is 15.3 Å². The van der Waals surface area contributed by atoms with Crippen LogP contribution in [0.1, 0.15) is 6.92 Å². The van der Waals surface area contributed by atoms with Gasteiger partial charge in [0.15, 0.2) is 0 Å². The normalized spacial score (nSPS) is 10.2. The van der Waals surface area contributed by atoms with Crippen LogP contribution in [0.2, 0.25) is 0 Å². The van der Waals surface area contributed by atoms with Gasteiger partial charge in [-0.05, 0) is 37.3 Å². The zero-order chi connectivity index (χ0) is 13.0. The molecular formula is C15H17FN2. The van der Waals surface area contributed by atoms with Crippen LogP contribution in [0.5, 0.6) is 0 Å². The molecule has 1 N–H and O–H groups in total.